The molecule has 0 saturated heterocycles. The van der Waals surface area contributed by atoms with Crippen LogP contribution in [0.3, 0.4) is 0 Å². The topological polar surface area (TPSA) is 43.1 Å². The van der Waals surface area contributed by atoms with E-state index in [1.807, 2.05) is 6.92 Å². The van der Waals surface area contributed by atoms with Gasteiger partial charge in [0.05, 0.1) is 6.04 Å². The molecule has 0 amide bonds. The molecule has 1 aliphatic rings. The summed E-state index contributed by atoms with van der Waals surface area (Å²) in [6, 6.07) is -0.210. The number of allylic oxidation sites excluding steroid dienone is 1. The molecule has 0 heterocycles. The van der Waals surface area contributed by atoms with Crippen molar-refractivity contribution in [3.8, 4) is 0 Å². The zero-order chi connectivity index (χ0) is 12.6. The Morgan fingerprint density at radius 1 is 1.44 bits per heavy atom. The van der Waals surface area contributed by atoms with Gasteiger partial charge in [-0.15, -0.1) is 6.58 Å². The van der Waals surface area contributed by atoms with E-state index in [2.05, 4.69) is 13.5 Å². The number of hydrogen-bond donors (Lipinski definition) is 1. The Morgan fingerprint density at radius 3 is 2.25 bits per heavy atom. The molecule has 16 heavy (non-hydrogen) atoms. The molecule has 2 heteroatoms. The van der Waals surface area contributed by atoms with E-state index in [0.29, 0.717) is 5.92 Å². The van der Waals surface area contributed by atoms with E-state index in [1.54, 1.807) is 13.0 Å². The minimum absolute atomic E-state index is 0.138. The van der Waals surface area contributed by atoms with Crippen LogP contribution in [-0.4, -0.2) is 11.8 Å². The zero-order valence-corrected chi connectivity index (χ0v) is 11.0. The maximum Gasteiger partial charge on any atom is 0.146 e. The van der Waals surface area contributed by atoms with Crippen molar-refractivity contribution in [1.82, 2.24) is 0 Å². The highest BCUT2D eigenvalue weighted by Gasteiger charge is 2.21. The van der Waals surface area contributed by atoms with Crippen LogP contribution in [0.25, 0.3) is 0 Å². The molecule has 1 rings (SSSR count). The third-order valence-electron chi connectivity index (χ3n) is 3.24. The Balaban J connectivity index is 0.000000673. The summed E-state index contributed by atoms with van der Waals surface area (Å²) in [6.07, 6.45) is 7.82. The van der Waals surface area contributed by atoms with Crippen molar-refractivity contribution < 1.29 is 4.79 Å². The van der Waals surface area contributed by atoms with Gasteiger partial charge in [0, 0.05) is 0 Å². The Bertz CT molecular complexity index is 205. The molecule has 1 atom stereocenters. The van der Waals surface area contributed by atoms with Crippen LogP contribution >= 0.6 is 0 Å². The third-order valence-corrected chi connectivity index (χ3v) is 3.24. The first-order valence-corrected chi connectivity index (χ1v) is 6.34. The van der Waals surface area contributed by atoms with E-state index in [-0.39, 0.29) is 11.8 Å². The Kier molecular flexibility index (Phi) is 8.18. The van der Waals surface area contributed by atoms with Crippen molar-refractivity contribution in [1.29, 1.82) is 0 Å². The first-order chi connectivity index (χ1) is 7.51. The molecule has 0 bridgehead atoms. The van der Waals surface area contributed by atoms with E-state index in [9.17, 15) is 4.79 Å². The van der Waals surface area contributed by atoms with Crippen molar-refractivity contribution in [2.45, 2.75) is 58.9 Å². The second-order valence-corrected chi connectivity index (χ2v) is 4.99. The molecule has 1 saturated carbocycles. The van der Waals surface area contributed by atoms with E-state index >= 15 is 0 Å². The van der Waals surface area contributed by atoms with E-state index in [0.717, 1.165) is 12.3 Å². The highest BCUT2D eigenvalue weighted by Crippen LogP contribution is 2.30. The van der Waals surface area contributed by atoms with Crippen molar-refractivity contribution in [2.75, 3.05) is 0 Å². The summed E-state index contributed by atoms with van der Waals surface area (Å²) in [5.74, 6) is 1.72. The highest BCUT2D eigenvalue weighted by molar-refractivity contribution is 5.81. The van der Waals surface area contributed by atoms with Gasteiger partial charge in [-0.2, -0.15) is 0 Å². The van der Waals surface area contributed by atoms with Crippen LogP contribution in [0.2, 0.25) is 0 Å². The average molecular weight is 225 g/mol. The minimum atomic E-state index is -0.210. The summed E-state index contributed by atoms with van der Waals surface area (Å²) in [5.41, 5.74) is 5.73. The molecular formula is C14H27NO. The Labute approximate surface area is 100 Å². The fourth-order valence-corrected chi connectivity index (χ4v) is 2.09. The van der Waals surface area contributed by atoms with Gasteiger partial charge in [-0.1, -0.05) is 38.7 Å². The van der Waals surface area contributed by atoms with E-state index in [4.69, 9.17) is 5.73 Å². The first-order valence-electron chi connectivity index (χ1n) is 6.34. The van der Waals surface area contributed by atoms with Gasteiger partial charge in [-0.3, -0.25) is 4.79 Å². The maximum absolute atomic E-state index is 11.0. The summed E-state index contributed by atoms with van der Waals surface area (Å²) < 4.78 is 0. The SMILES string of the molecule is C=CC.CC(=O)[C@@H](N)CC1CCC(C)CC1. The molecule has 0 radical (unpaired) electrons. The normalized spacial score (nSPS) is 26.2. The number of hydrogen-bond acceptors (Lipinski definition) is 2. The molecule has 1 fully saturated rings. The van der Waals surface area contributed by atoms with Crippen LogP contribution in [0.5, 0.6) is 0 Å². The lowest BCUT2D eigenvalue weighted by Gasteiger charge is -2.27. The fourth-order valence-electron chi connectivity index (χ4n) is 2.09. The lowest BCUT2D eigenvalue weighted by Crippen LogP contribution is -2.31. The second kappa shape index (κ2) is 8.51. The lowest BCUT2D eigenvalue weighted by molar-refractivity contribution is -0.118. The summed E-state index contributed by atoms with van der Waals surface area (Å²) in [7, 11) is 0. The number of carbonyl (C=O) groups is 1. The van der Waals surface area contributed by atoms with Gasteiger partial charge in [0.15, 0.2) is 0 Å². The van der Waals surface area contributed by atoms with E-state index in [1.165, 1.54) is 25.7 Å². The number of nitrogens with two attached hydrogens (primary N) is 1. The van der Waals surface area contributed by atoms with Crippen LogP contribution in [0.4, 0.5) is 0 Å². The van der Waals surface area contributed by atoms with Crippen LogP contribution in [-0.2, 0) is 4.79 Å². The Morgan fingerprint density at radius 2 is 1.88 bits per heavy atom. The smallest absolute Gasteiger partial charge is 0.146 e. The lowest BCUT2D eigenvalue weighted by atomic mass is 9.80. The van der Waals surface area contributed by atoms with Crippen molar-refractivity contribution in [3.63, 3.8) is 0 Å². The zero-order valence-electron chi connectivity index (χ0n) is 11.0. The predicted octanol–water partition coefficient (Wildman–Crippen LogP) is 3.31. The first kappa shape index (κ1) is 15.4. The predicted molar refractivity (Wildman–Crippen MR) is 70.3 cm³/mol. The molecule has 0 aromatic heterocycles. The number of ketones is 1. The van der Waals surface area contributed by atoms with Gasteiger partial charge >= 0.3 is 0 Å². The van der Waals surface area contributed by atoms with Crippen LogP contribution < -0.4 is 5.73 Å². The summed E-state index contributed by atoms with van der Waals surface area (Å²) in [6.45, 7) is 9.15. The summed E-state index contributed by atoms with van der Waals surface area (Å²) >= 11 is 0. The molecule has 0 unspecified atom stereocenters. The summed E-state index contributed by atoms with van der Waals surface area (Å²) in [5, 5.41) is 0. The average Bonchev–Trinajstić information content (AvgIpc) is 2.22. The number of Topliss-reactive ketones (excluding diaryl/α,β-unsaturated/α-hetero) is 1. The molecule has 0 aromatic carbocycles. The van der Waals surface area contributed by atoms with Gasteiger partial charge in [0.25, 0.3) is 0 Å². The van der Waals surface area contributed by atoms with Crippen LogP contribution in [0.1, 0.15) is 52.9 Å². The molecule has 0 spiro atoms. The highest BCUT2D eigenvalue weighted by atomic mass is 16.1. The van der Waals surface area contributed by atoms with Gasteiger partial charge in [0.2, 0.25) is 0 Å². The van der Waals surface area contributed by atoms with Crippen molar-refractivity contribution in [2.24, 2.45) is 17.6 Å². The Hall–Kier alpha value is -0.630. The van der Waals surface area contributed by atoms with Gasteiger partial charge in [-0.25, -0.2) is 0 Å². The quantitative estimate of drug-likeness (QED) is 0.749. The van der Waals surface area contributed by atoms with Crippen molar-refractivity contribution in [3.05, 3.63) is 12.7 Å². The molecule has 94 valence electrons. The number of rotatable bonds is 3. The molecule has 2 N–H and O–H groups in total. The van der Waals surface area contributed by atoms with Gasteiger partial charge in [-0.05, 0) is 32.1 Å². The standard InChI is InChI=1S/C11H21NO.C3H6/c1-8-3-5-10(6-4-8)7-11(12)9(2)13;1-3-2/h8,10-11H,3-7,12H2,1-2H3;3H,1H2,2H3/t8?,10?,11-;/m0./s1. The fraction of sp³-hybridized carbons (Fsp3) is 0.786. The van der Waals surface area contributed by atoms with Gasteiger partial charge in [0.1, 0.15) is 5.78 Å². The molecule has 1 aliphatic carbocycles. The van der Waals surface area contributed by atoms with Crippen LogP contribution in [0, 0.1) is 11.8 Å². The molecule has 2 nitrogen and oxygen atoms in total. The van der Waals surface area contributed by atoms with Crippen LogP contribution in [0.15, 0.2) is 12.7 Å². The summed E-state index contributed by atoms with van der Waals surface area (Å²) in [4.78, 5) is 11.0. The second-order valence-electron chi connectivity index (χ2n) is 4.99. The van der Waals surface area contributed by atoms with Crippen molar-refractivity contribution >= 4 is 5.78 Å². The molecular weight excluding hydrogens is 198 g/mol. The number of carbonyl (C=O) groups excluding carboxylic acids is 1. The molecule has 0 aliphatic heterocycles. The monoisotopic (exact) mass is 225 g/mol. The minimum Gasteiger partial charge on any atom is -0.322 e. The maximum atomic E-state index is 11.0. The van der Waals surface area contributed by atoms with Gasteiger partial charge < -0.3 is 5.73 Å². The largest absolute Gasteiger partial charge is 0.322 e. The van der Waals surface area contributed by atoms with E-state index < -0.39 is 0 Å². The molecule has 0 aromatic rings. The third kappa shape index (κ3) is 6.78.